The molecule has 2 aromatic rings. The van der Waals surface area contributed by atoms with Gasteiger partial charge < -0.3 is 15.2 Å². The molecule has 0 spiro atoms. The van der Waals surface area contributed by atoms with E-state index in [0.717, 1.165) is 0 Å². The van der Waals surface area contributed by atoms with Gasteiger partial charge >= 0.3 is 12.6 Å². The maximum atomic E-state index is 12.2. The Morgan fingerprint density at radius 2 is 2.00 bits per heavy atom. The minimum absolute atomic E-state index is 0.00161. The van der Waals surface area contributed by atoms with Crippen molar-refractivity contribution in [3.05, 3.63) is 53.6 Å². The predicted molar refractivity (Wildman–Crippen MR) is 90.6 cm³/mol. The summed E-state index contributed by atoms with van der Waals surface area (Å²) in [6.45, 7) is -2.92. The largest absolute Gasteiger partial charge is 0.478 e. The van der Waals surface area contributed by atoms with Gasteiger partial charge in [-0.25, -0.2) is 4.79 Å². The highest BCUT2D eigenvalue weighted by Crippen LogP contribution is 2.27. The van der Waals surface area contributed by atoms with Crippen LogP contribution in [0.3, 0.4) is 0 Å². The summed E-state index contributed by atoms with van der Waals surface area (Å²) in [6, 6.07) is 10.3. The van der Waals surface area contributed by atoms with Crippen molar-refractivity contribution >= 4 is 43.7 Å². The molecule has 8 heteroatoms. The number of ether oxygens (including phenoxy) is 1. The van der Waals surface area contributed by atoms with E-state index in [1.807, 2.05) is 0 Å². The number of rotatable bonds is 6. The lowest BCUT2D eigenvalue weighted by Crippen LogP contribution is -2.04. The Kier molecular flexibility index (Phi) is 5.48. The maximum absolute atomic E-state index is 12.2. The van der Waals surface area contributed by atoms with E-state index < -0.39 is 12.6 Å². The Labute approximate surface area is 143 Å². The zero-order valence-corrected chi connectivity index (χ0v) is 13.7. The van der Waals surface area contributed by atoms with Crippen LogP contribution in [0.1, 0.15) is 15.9 Å². The third-order valence-electron chi connectivity index (χ3n) is 2.84. The summed E-state index contributed by atoms with van der Waals surface area (Å²) in [5.74, 6) is -1.10. The summed E-state index contributed by atoms with van der Waals surface area (Å²) in [6.07, 6.45) is 0. The number of nitrogens with one attached hydrogen (secondary N) is 2. The summed E-state index contributed by atoms with van der Waals surface area (Å²) in [4.78, 5) is 11.0. The average molecular weight is 432 g/mol. The van der Waals surface area contributed by atoms with E-state index in [9.17, 15) is 13.6 Å². The van der Waals surface area contributed by atoms with E-state index >= 15 is 0 Å². The molecule has 2 aromatic carbocycles. The van der Waals surface area contributed by atoms with Crippen LogP contribution in [0.2, 0.25) is 0 Å². The SMILES string of the molecule is N=C(I)c1cc(C(=O)O)ccc1Nc1cccc(OC(F)F)c1. The number of carboxylic acids is 1. The molecule has 0 amide bonds. The first-order valence-electron chi connectivity index (χ1n) is 6.30. The monoisotopic (exact) mass is 432 g/mol. The Hall–Kier alpha value is -2.23. The molecule has 0 fully saturated rings. The zero-order chi connectivity index (χ0) is 17.0. The number of alkyl halides is 2. The number of hydrogen-bond donors (Lipinski definition) is 3. The minimum atomic E-state index is -2.92. The van der Waals surface area contributed by atoms with Crippen molar-refractivity contribution in [1.29, 1.82) is 5.41 Å². The summed E-state index contributed by atoms with van der Waals surface area (Å²) in [5, 5.41) is 19.7. The second kappa shape index (κ2) is 7.36. The van der Waals surface area contributed by atoms with Crippen LogP contribution in [0, 0.1) is 5.41 Å². The molecular formula is C15H11F2IN2O3. The molecule has 120 valence electrons. The van der Waals surface area contributed by atoms with Crippen molar-refractivity contribution in [2.45, 2.75) is 6.61 Å². The fourth-order valence-corrected chi connectivity index (χ4v) is 2.32. The number of anilines is 2. The number of halogens is 3. The molecule has 5 nitrogen and oxygen atoms in total. The summed E-state index contributed by atoms with van der Waals surface area (Å²) < 4.78 is 29.0. The smallest absolute Gasteiger partial charge is 0.387 e. The standard InChI is InChI=1S/C15H11F2IN2O3/c16-15(17)23-10-3-1-2-9(7-10)20-12-5-4-8(14(21)22)6-11(12)13(18)19/h1-7,15,19-20H,(H,21,22). The Balaban J connectivity index is 2.32. The van der Waals surface area contributed by atoms with Crippen molar-refractivity contribution in [2.75, 3.05) is 5.32 Å². The van der Waals surface area contributed by atoms with E-state index in [1.165, 1.54) is 30.3 Å². The van der Waals surface area contributed by atoms with Crippen molar-refractivity contribution in [2.24, 2.45) is 0 Å². The van der Waals surface area contributed by atoms with Gasteiger partial charge in [-0.3, -0.25) is 5.41 Å². The number of carboxylic acid groups (broad SMARTS) is 1. The van der Waals surface area contributed by atoms with Crippen LogP contribution in [-0.2, 0) is 0 Å². The van der Waals surface area contributed by atoms with E-state index in [4.69, 9.17) is 10.5 Å². The second-order valence-corrected chi connectivity index (χ2v) is 5.49. The van der Waals surface area contributed by atoms with Crippen molar-refractivity contribution in [3.8, 4) is 5.75 Å². The molecule has 0 bridgehead atoms. The quantitative estimate of drug-likeness (QED) is 0.464. The van der Waals surface area contributed by atoms with Gasteiger partial charge in [0, 0.05) is 23.0 Å². The molecule has 0 saturated heterocycles. The van der Waals surface area contributed by atoms with Crippen LogP contribution in [-0.4, -0.2) is 21.4 Å². The van der Waals surface area contributed by atoms with Crippen molar-refractivity contribution in [3.63, 3.8) is 0 Å². The fourth-order valence-electron chi connectivity index (χ4n) is 1.87. The van der Waals surface area contributed by atoms with Gasteiger partial charge in [-0.2, -0.15) is 8.78 Å². The minimum Gasteiger partial charge on any atom is -0.478 e. The van der Waals surface area contributed by atoms with Crippen molar-refractivity contribution in [1.82, 2.24) is 0 Å². The number of aromatic carboxylic acids is 1. The maximum Gasteiger partial charge on any atom is 0.387 e. The lowest BCUT2D eigenvalue weighted by molar-refractivity contribution is -0.0498. The van der Waals surface area contributed by atoms with Gasteiger partial charge in [-0.05, 0) is 52.9 Å². The normalized spacial score (nSPS) is 10.4. The average Bonchev–Trinajstić information content (AvgIpc) is 2.46. The van der Waals surface area contributed by atoms with E-state index in [-0.39, 0.29) is 15.0 Å². The summed E-state index contributed by atoms with van der Waals surface area (Å²) in [5.41, 5.74) is 1.42. The van der Waals surface area contributed by atoms with Gasteiger partial charge in [0.15, 0.2) is 0 Å². The molecule has 0 aromatic heterocycles. The molecule has 0 aliphatic carbocycles. The summed E-state index contributed by atoms with van der Waals surface area (Å²) >= 11 is 1.77. The second-order valence-electron chi connectivity index (χ2n) is 4.41. The molecule has 0 unspecified atom stereocenters. The zero-order valence-electron chi connectivity index (χ0n) is 11.5. The Morgan fingerprint density at radius 1 is 1.26 bits per heavy atom. The molecule has 0 aliphatic rings. The van der Waals surface area contributed by atoms with E-state index in [1.54, 1.807) is 34.7 Å². The van der Waals surface area contributed by atoms with Crippen LogP contribution in [0.4, 0.5) is 20.2 Å². The Bertz CT molecular complexity index is 753. The van der Waals surface area contributed by atoms with Gasteiger partial charge in [0.05, 0.1) is 5.56 Å². The van der Waals surface area contributed by atoms with Gasteiger partial charge in [-0.15, -0.1) is 0 Å². The summed E-state index contributed by atoms with van der Waals surface area (Å²) in [7, 11) is 0. The molecule has 2 rings (SSSR count). The lowest BCUT2D eigenvalue weighted by Gasteiger charge is -2.13. The topological polar surface area (TPSA) is 82.4 Å². The third kappa shape index (κ3) is 4.62. The highest BCUT2D eigenvalue weighted by Gasteiger charge is 2.12. The van der Waals surface area contributed by atoms with Crippen LogP contribution < -0.4 is 10.1 Å². The van der Waals surface area contributed by atoms with Crippen LogP contribution in [0.15, 0.2) is 42.5 Å². The number of carbonyl (C=O) groups is 1. The van der Waals surface area contributed by atoms with Crippen molar-refractivity contribution < 1.29 is 23.4 Å². The number of hydrogen-bond acceptors (Lipinski definition) is 4. The predicted octanol–water partition coefficient (Wildman–Crippen LogP) is 4.49. The van der Waals surface area contributed by atoms with Gasteiger partial charge in [0.1, 0.15) is 9.47 Å². The molecular weight excluding hydrogens is 421 g/mol. The van der Waals surface area contributed by atoms with Crippen LogP contribution in [0.5, 0.6) is 5.75 Å². The first-order chi connectivity index (χ1) is 10.9. The molecule has 0 atom stereocenters. The Morgan fingerprint density at radius 3 is 2.61 bits per heavy atom. The third-order valence-corrected chi connectivity index (χ3v) is 3.42. The lowest BCUT2D eigenvalue weighted by atomic mass is 10.1. The van der Waals surface area contributed by atoms with Crippen LogP contribution in [0.25, 0.3) is 0 Å². The molecule has 3 N–H and O–H groups in total. The highest BCUT2D eigenvalue weighted by molar-refractivity contribution is 14.1. The molecule has 0 radical (unpaired) electrons. The number of benzene rings is 2. The van der Waals surface area contributed by atoms with Gasteiger partial charge in [0.25, 0.3) is 0 Å². The van der Waals surface area contributed by atoms with E-state index in [0.29, 0.717) is 16.9 Å². The highest BCUT2D eigenvalue weighted by atomic mass is 127. The molecule has 0 saturated carbocycles. The van der Waals surface area contributed by atoms with Gasteiger partial charge in [0.2, 0.25) is 0 Å². The molecule has 23 heavy (non-hydrogen) atoms. The van der Waals surface area contributed by atoms with Crippen LogP contribution >= 0.6 is 22.6 Å². The molecule has 0 aliphatic heterocycles. The first-order valence-corrected chi connectivity index (χ1v) is 7.38. The fraction of sp³-hybridized carbons (Fsp3) is 0.0667. The van der Waals surface area contributed by atoms with Gasteiger partial charge in [-0.1, -0.05) is 6.07 Å². The van der Waals surface area contributed by atoms with E-state index in [2.05, 4.69) is 10.1 Å². The first kappa shape index (κ1) is 17.1. The molecule has 0 heterocycles.